The van der Waals surface area contributed by atoms with E-state index < -0.39 is 11.9 Å². The number of piperidine rings is 1. The van der Waals surface area contributed by atoms with Crippen LogP contribution in [0.1, 0.15) is 18.5 Å². The van der Waals surface area contributed by atoms with Gasteiger partial charge in [-0.15, -0.1) is 0 Å². The SMILES string of the molecule is CNC(=O)C[C@@H]1OC[C@H]2CN(c3cc(C(F)(F)F)ncn3)CC[C@H]21. The molecule has 2 fully saturated rings. The van der Waals surface area contributed by atoms with Crippen LogP contribution in [0.25, 0.3) is 0 Å². The van der Waals surface area contributed by atoms with E-state index in [2.05, 4.69) is 15.3 Å². The summed E-state index contributed by atoms with van der Waals surface area (Å²) in [7, 11) is 1.59. The number of carbonyl (C=O) groups excluding carboxylic acids is 1. The molecule has 9 heteroatoms. The molecule has 0 unspecified atom stereocenters. The Kier molecular flexibility index (Phi) is 4.62. The van der Waals surface area contributed by atoms with Gasteiger partial charge in [-0.2, -0.15) is 13.2 Å². The lowest BCUT2D eigenvalue weighted by Gasteiger charge is -2.36. The van der Waals surface area contributed by atoms with Crippen LogP contribution in [-0.4, -0.2) is 48.7 Å². The molecule has 0 aromatic carbocycles. The predicted molar refractivity (Wildman–Crippen MR) is 79.3 cm³/mol. The van der Waals surface area contributed by atoms with Gasteiger partial charge < -0.3 is 15.0 Å². The number of ether oxygens (including phenoxy) is 1. The van der Waals surface area contributed by atoms with Gasteiger partial charge in [-0.25, -0.2) is 9.97 Å². The number of hydrogen-bond acceptors (Lipinski definition) is 5. The summed E-state index contributed by atoms with van der Waals surface area (Å²) in [5.41, 5.74) is -0.935. The van der Waals surface area contributed by atoms with E-state index in [1.54, 1.807) is 7.05 Å². The molecule has 3 heterocycles. The van der Waals surface area contributed by atoms with Crippen molar-refractivity contribution in [3.05, 3.63) is 18.1 Å². The first-order chi connectivity index (χ1) is 11.4. The van der Waals surface area contributed by atoms with Gasteiger partial charge in [-0.3, -0.25) is 4.79 Å². The molecule has 24 heavy (non-hydrogen) atoms. The van der Waals surface area contributed by atoms with E-state index in [1.165, 1.54) is 0 Å². The summed E-state index contributed by atoms with van der Waals surface area (Å²) in [6, 6.07) is 0.984. The monoisotopic (exact) mass is 344 g/mol. The normalized spacial score (nSPS) is 27.0. The van der Waals surface area contributed by atoms with Crippen LogP contribution < -0.4 is 10.2 Å². The minimum absolute atomic E-state index is 0.0614. The average Bonchev–Trinajstić information content (AvgIpc) is 2.96. The lowest BCUT2D eigenvalue weighted by Crippen LogP contribution is -2.42. The molecule has 3 atom stereocenters. The Morgan fingerprint density at radius 1 is 1.46 bits per heavy atom. The quantitative estimate of drug-likeness (QED) is 0.900. The minimum Gasteiger partial charge on any atom is -0.377 e. The second-order valence-electron chi connectivity index (χ2n) is 6.17. The maximum absolute atomic E-state index is 12.8. The highest BCUT2D eigenvalue weighted by molar-refractivity contribution is 5.76. The van der Waals surface area contributed by atoms with E-state index in [1.807, 2.05) is 4.90 Å². The third-order valence-corrected chi connectivity index (χ3v) is 4.73. The van der Waals surface area contributed by atoms with Crippen LogP contribution in [0.15, 0.2) is 12.4 Å². The largest absolute Gasteiger partial charge is 0.433 e. The fourth-order valence-corrected chi connectivity index (χ4v) is 3.47. The zero-order valence-electron chi connectivity index (χ0n) is 13.2. The van der Waals surface area contributed by atoms with Gasteiger partial charge in [-0.05, 0) is 12.3 Å². The second-order valence-corrected chi connectivity index (χ2v) is 6.17. The number of halogens is 3. The standard InChI is InChI=1S/C15H19F3N4O2/c1-19-14(23)4-11-10-2-3-22(6-9(10)7-24-11)13-5-12(15(16,17)18)20-8-21-13/h5,8-11H,2-4,6-7H2,1H3,(H,19,23)/t9-,10-,11+/m1/s1. The molecule has 0 spiro atoms. The Morgan fingerprint density at radius 2 is 2.25 bits per heavy atom. The lowest BCUT2D eigenvalue weighted by molar-refractivity contribution is -0.141. The molecule has 1 N–H and O–H groups in total. The Morgan fingerprint density at radius 3 is 2.96 bits per heavy atom. The van der Waals surface area contributed by atoms with Crippen molar-refractivity contribution >= 4 is 11.7 Å². The molecule has 2 aliphatic rings. The number of fused-ring (bicyclic) bond motifs is 1. The molecule has 0 bridgehead atoms. The molecule has 1 amide bonds. The van der Waals surface area contributed by atoms with Crippen LogP contribution >= 0.6 is 0 Å². The van der Waals surface area contributed by atoms with E-state index in [4.69, 9.17) is 4.74 Å². The number of rotatable bonds is 3. The summed E-state index contributed by atoms with van der Waals surface area (Å²) in [6.07, 6.45) is -2.57. The third kappa shape index (κ3) is 3.45. The molecule has 0 radical (unpaired) electrons. The Hall–Kier alpha value is -1.90. The molecule has 2 aliphatic heterocycles. The number of hydrogen-bond donors (Lipinski definition) is 1. The lowest BCUT2D eigenvalue weighted by atomic mass is 9.83. The zero-order valence-corrected chi connectivity index (χ0v) is 13.2. The summed E-state index contributed by atoms with van der Waals surface area (Å²) in [5, 5.41) is 2.59. The maximum atomic E-state index is 12.8. The van der Waals surface area contributed by atoms with Crippen molar-refractivity contribution in [2.24, 2.45) is 11.8 Å². The molecule has 0 saturated carbocycles. The van der Waals surface area contributed by atoms with Crippen LogP contribution in [0.4, 0.5) is 19.0 Å². The molecule has 1 aromatic heterocycles. The number of aromatic nitrogens is 2. The van der Waals surface area contributed by atoms with Gasteiger partial charge in [0.25, 0.3) is 0 Å². The van der Waals surface area contributed by atoms with E-state index in [0.717, 1.165) is 18.8 Å². The first-order valence-electron chi connectivity index (χ1n) is 7.85. The summed E-state index contributed by atoms with van der Waals surface area (Å²) in [5.74, 6) is 0.666. The molecular formula is C15H19F3N4O2. The number of anilines is 1. The van der Waals surface area contributed by atoms with E-state index >= 15 is 0 Å². The Balaban J connectivity index is 1.67. The van der Waals surface area contributed by atoms with Crippen molar-refractivity contribution in [1.29, 1.82) is 0 Å². The van der Waals surface area contributed by atoms with Gasteiger partial charge in [0.1, 0.15) is 17.8 Å². The summed E-state index contributed by atoms with van der Waals surface area (Å²) in [6.45, 7) is 1.67. The van der Waals surface area contributed by atoms with Crippen LogP contribution in [0, 0.1) is 11.8 Å². The number of nitrogens with zero attached hydrogens (tertiary/aromatic N) is 3. The van der Waals surface area contributed by atoms with Crippen molar-refractivity contribution < 1.29 is 22.7 Å². The third-order valence-electron chi connectivity index (χ3n) is 4.73. The zero-order chi connectivity index (χ0) is 17.3. The molecular weight excluding hydrogens is 325 g/mol. The predicted octanol–water partition coefficient (Wildman–Crippen LogP) is 1.47. The maximum Gasteiger partial charge on any atom is 0.433 e. The highest BCUT2D eigenvalue weighted by atomic mass is 19.4. The van der Waals surface area contributed by atoms with E-state index in [0.29, 0.717) is 26.1 Å². The molecule has 3 rings (SSSR count). The van der Waals surface area contributed by atoms with Crippen molar-refractivity contribution in [3.63, 3.8) is 0 Å². The van der Waals surface area contributed by atoms with Gasteiger partial charge in [0.2, 0.25) is 5.91 Å². The Bertz CT molecular complexity index is 611. The Labute approximate surface area is 137 Å². The van der Waals surface area contributed by atoms with Crippen LogP contribution in [0.3, 0.4) is 0 Å². The van der Waals surface area contributed by atoms with Gasteiger partial charge in [0.05, 0.1) is 19.1 Å². The minimum atomic E-state index is -4.48. The van der Waals surface area contributed by atoms with Crippen LogP contribution in [-0.2, 0) is 15.7 Å². The van der Waals surface area contributed by atoms with Crippen LogP contribution in [0.2, 0.25) is 0 Å². The topological polar surface area (TPSA) is 67.3 Å². The van der Waals surface area contributed by atoms with Crippen molar-refractivity contribution in [2.75, 3.05) is 31.6 Å². The van der Waals surface area contributed by atoms with Gasteiger partial charge in [0.15, 0.2) is 0 Å². The molecule has 2 saturated heterocycles. The number of carbonyl (C=O) groups is 1. The molecule has 6 nitrogen and oxygen atoms in total. The molecule has 1 aromatic rings. The van der Waals surface area contributed by atoms with Gasteiger partial charge in [-0.1, -0.05) is 0 Å². The van der Waals surface area contributed by atoms with Crippen molar-refractivity contribution in [2.45, 2.75) is 25.1 Å². The van der Waals surface area contributed by atoms with Crippen molar-refractivity contribution in [1.82, 2.24) is 15.3 Å². The highest BCUT2D eigenvalue weighted by Crippen LogP contribution is 2.37. The first kappa shape index (κ1) is 16.9. The molecule has 0 aliphatic carbocycles. The highest BCUT2D eigenvalue weighted by Gasteiger charge is 2.42. The fraction of sp³-hybridized carbons (Fsp3) is 0.667. The van der Waals surface area contributed by atoms with Gasteiger partial charge >= 0.3 is 6.18 Å². The van der Waals surface area contributed by atoms with E-state index in [9.17, 15) is 18.0 Å². The second kappa shape index (κ2) is 6.54. The smallest absolute Gasteiger partial charge is 0.377 e. The summed E-state index contributed by atoms with van der Waals surface area (Å²) < 4.78 is 44.1. The molecule has 132 valence electrons. The van der Waals surface area contributed by atoms with Crippen molar-refractivity contribution in [3.8, 4) is 0 Å². The summed E-state index contributed by atoms with van der Waals surface area (Å²) >= 11 is 0. The van der Waals surface area contributed by atoms with Crippen LogP contribution in [0.5, 0.6) is 0 Å². The van der Waals surface area contributed by atoms with Gasteiger partial charge in [0, 0.05) is 32.1 Å². The number of alkyl halides is 3. The average molecular weight is 344 g/mol. The fourth-order valence-electron chi connectivity index (χ4n) is 3.47. The number of nitrogens with one attached hydrogen (secondary N) is 1. The van der Waals surface area contributed by atoms with E-state index in [-0.39, 0.29) is 29.7 Å². The number of amides is 1. The first-order valence-corrected chi connectivity index (χ1v) is 7.85. The summed E-state index contributed by atoms with van der Waals surface area (Å²) in [4.78, 5) is 20.6.